The quantitative estimate of drug-likeness (QED) is 0.303. The van der Waals surface area contributed by atoms with E-state index in [9.17, 15) is 9.59 Å². The molecule has 0 unspecified atom stereocenters. The molecule has 0 heterocycles. The Morgan fingerprint density at radius 3 is 2.14 bits per heavy atom. The summed E-state index contributed by atoms with van der Waals surface area (Å²) < 4.78 is 0. The van der Waals surface area contributed by atoms with Crippen molar-refractivity contribution in [3.8, 4) is 0 Å². The van der Waals surface area contributed by atoms with Gasteiger partial charge in [0.05, 0.1) is 5.75 Å². The Hall–Kier alpha value is -3.05. The smallest absolute Gasteiger partial charge is 0.243 e. The van der Waals surface area contributed by atoms with Crippen molar-refractivity contribution < 1.29 is 9.59 Å². The molecule has 4 nitrogen and oxygen atoms in total. The first-order valence-electron chi connectivity index (χ1n) is 13.1. The van der Waals surface area contributed by atoms with Crippen molar-refractivity contribution in [2.24, 2.45) is 0 Å². The fourth-order valence-electron chi connectivity index (χ4n) is 4.49. The van der Waals surface area contributed by atoms with Crippen LogP contribution >= 0.6 is 11.8 Å². The second kappa shape index (κ2) is 14.0. The average Bonchev–Trinajstić information content (AvgIpc) is 2.86. The minimum atomic E-state index is -0.591. The van der Waals surface area contributed by atoms with Gasteiger partial charge < -0.3 is 10.2 Å². The molecule has 196 valence electrons. The van der Waals surface area contributed by atoms with Crippen molar-refractivity contribution >= 4 is 23.6 Å². The van der Waals surface area contributed by atoms with Crippen LogP contribution in [0.15, 0.2) is 72.8 Å². The lowest BCUT2D eigenvalue weighted by molar-refractivity contribution is -0.139. The highest BCUT2D eigenvalue weighted by molar-refractivity contribution is 7.99. The molecule has 3 rings (SSSR count). The molecule has 0 aliphatic carbocycles. The van der Waals surface area contributed by atoms with E-state index in [0.717, 1.165) is 28.9 Å². The lowest BCUT2D eigenvalue weighted by Crippen LogP contribution is -2.52. The van der Waals surface area contributed by atoms with Crippen molar-refractivity contribution in [3.05, 3.63) is 106 Å². The Kier molecular flexibility index (Phi) is 10.8. The Bertz CT molecular complexity index is 1160. The maximum absolute atomic E-state index is 13.8. The normalized spacial score (nSPS) is 12.6. The largest absolute Gasteiger partial charge is 0.352 e. The summed E-state index contributed by atoms with van der Waals surface area (Å²) in [4.78, 5) is 29.1. The van der Waals surface area contributed by atoms with Crippen LogP contribution in [0.1, 0.15) is 53.6 Å². The summed E-state index contributed by atoms with van der Waals surface area (Å²) in [5, 5.41) is 3.14. The zero-order valence-electron chi connectivity index (χ0n) is 22.8. The molecule has 37 heavy (non-hydrogen) atoms. The van der Waals surface area contributed by atoms with E-state index in [1.807, 2.05) is 62.4 Å². The molecule has 2 amide bonds. The monoisotopic (exact) mass is 516 g/mol. The molecular formula is C32H40N2O2S. The Balaban J connectivity index is 1.86. The Labute approximate surface area is 226 Å². The van der Waals surface area contributed by atoms with E-state index in [2.05, 4.69) is 50.4 Å². The number of amides is 2. The molecule has 1 N–H and O–H groups in total. The van der Waals surface area contributed by atoms with E-state index in [-0.39, 0.29) is 17.9 Å². The van der Waals surface area contributed by atoms with Gasteiger partial charge in [-0.1, -0.05) is 96.4 Å². The van der Waals surface area contributed by atoms with Crippen molar-refractivity contribution in [3.63, 3.8) is 0 Å². The number of thioether (sulfide) groups is 1. The number of aryl methyl sites for hydroxylation is 3. The van der Waals surface area contributed by atoms with E-state index in [1.165, 1.54) is 16.7 Å². The highest BCUT2D eigenvalue weighted by Crippen LogP contribution is 2.20. The van der Waals surface area contributed by atoms with Gasteiger partial charge in [-0.3, -0.25) is 9.59 Å². The molecule has 0 radical (unpaired) electrons. The highest BCUT2D eigenvalue weighted by Gasteiger charge is 2.30. The number of nitrogens with one attached hydrogen (secondary N) is 1. The van der Waals surface area contributed by atoms with Crippen LogP contribution < -0.4 is 5.32 Å². The third-order valence-electron chi connectivity index (χ3n) is 6.48. The molecule has 5 heteroatoms. The molecule has 0 fully saturated rings. The van der Waals surface area contributed by atoms with Gasteiger partial charge in [0.25, 0.3) is 0 Å². The lowest BCUT2D eigenvalue weighted by atomic mass is 10.0. The SMILES string of the molecule is CC[C@H](C)NC(=O)[C@@H](Cc1ccccc1)N(Cc1cccc(C)c1)C(=O)CSCc1cc(C)cc(C)c1. The number of nitrogens with zero attached hydrogens (tertiary/aromatic N) is 1. The van der Waals surface area contributed by atoms with Crippen LogP contribution in [0.25, 0.3) is 0 Å². The zero-order chi connectivity index (χ0) is 26.8. The molecule has 0 spiro atoms. The van der Waals surface area contributed by atoms with Gasteiger partial charge in [0, 0.05) is 24.8 Å². The van der Waals surface area contributed by atoms with Gasteiger partial charge in [-0.2, -0.15) is 0 Å². The number of carbonyl (C=O) groups is 2. The van der Waals surface area contributed by atoms with Crippen LogP contribution in [0.3, 0.4) is 0 Å². The Morgan fingerprint density at radius 1 is 0.838 bits per heavy atom. The number of hydrogen-bond donors (Lipinski definition) is 1. The third kappa shape index (κ3) is 9.08. The van der Waals surface area contributed by atoms with E-state index in [1.54, 1.807) is 16.7 Å². The minimum Gasteiger partial charge on any atom is -0.352 e. The molecule has 3 aromatic rings. The molecule has 2 atom stereocenters. The second-order valence-corrected chi connectivity index (χ2v) is 11.0. The Morgan fingerprint density at radius 2 is 1.49 bits per heavy atom. The standard InChI is InChI=1S/C32H40N2O2S/c1-6-26(5)33-32(36)30(19-27-12-8-7-9-13-27)34(20-28-14-10-11-23(2)16-28)31(35)22-37-21-29-17-24(3)15-25(4)18-29/h7-18,26,30H,6,19-22H2,1-5H3,(H,33,36)/t26-,30+/m0/s1. The zero-order valence-corrected chi connectivity index (χ0v) is 23.6. The van der Waals surface area contributed by atoms with Gasteiger partial charge in [0.15, 0.2) is 0 Å². The fourth-order valence-corrected chi connectivity index (χ4v) is 5.34. The van der Waals surface area contributed by atoms with Gasteiger partial charge in [0.1, 0.15) is 6.04 Å². The predicted molar refractivity (Wildman–Crippen MR) is 156 cm³/mol. The summed E-state index contributed by atoms with van der Waals surface area (Å²) in [6.45, 7) is 10.7. The first kappa shape index (κ1) is 28.5. The average molecular weight is 517 g/mol. The molecule has 3 aromatic carbocycles. The van der Waals surface area contributed by atoms with E-state index in [0.29, 0.717) is 18.7 Å². The van der Waals surface area contributed by atoms with Crippen LogP contribution in [0, 0.1) is 20.8 Å². The summed E-state index contributed by atoms with van der Waals surface area (Å²) >= 11 is 1.60. The van der Waals surface area contributed by atoms with Gasteiger partial charge in [-0.25, -0.2) is 0 Å². The summed E-state index contributed by atoms with van der Waals surface area (Å²) in [5.74, 6) is 0.963. The highest BCUT2D eigenvalue weighted by atomic mass is 32.2. The summed E-state index contributed by atoms with van der Waals surface area (Å²) in [6, 6.07) is 24.1. The molecule has 0 aliphatic rings. The summed E-state index contributed by atoms with van der Waals surface area (Å²) in [7, 11) is 0. The van der Waals surface area contributed by atoms with Crippen LogP contribution in [-0.2, 0) is 28.3 Å². The first-order chi connectivity index (χ1) is 17.7. The summed E-state index contributed by atoms with van der Waals surface area (Å²) in [6.07, 6.45) is 1.31. The number of benzene rings is 3. The maximum atomic E-state index is 13.8. The van der Waals surface area contributed by atoms with Gasteiger partial charge in [-0.15, -0.1) is 11.8 Å². The van der Waals surface area contributed by atoms with Gasteiger partial charge >= 0.3 is 0 Å². The fraction of sp³-hybridized carbons (Fsp3) is 0.375. The maximum Gasteiger partial charge on any atom is 0.243 e. The molecule has 0 saturated heterocycles. The van der Waals surface area contributed by atoms with Crippen LogP contribution in [0.5, 0.6) is 0 Å². The molecule has 0 aromatic heterocycles. The lowest BCUT2D eigenvalue weighted by Gasteiger charge is -2.32. The molecule has 0 aliphatic heterocycles. The van der Waals surface area contributed by atoms with E-state index >= 15 is 0 Å². The van der Waals surface area contributed by atoms with Crippen molar-refractivity contribution in [1.82, 2.24) is 10.2 Å². The van der Waals surface area contributed by atoms with Crippen molar-refractivity contribution in [1.29, 1.82) is 0 Å². The van der Waals surface area contributed by atoms with E-state index in [4.69, 9.17) is 0 Å². The molecular weight excluding hydrogens is 476 g/mol. The number of carbonyl (C=O) groups excluding carboxylic acids is 2. The number of hydrogen-bond acceptors (Lipinski definition) is 3. The first-order valence-corrected chi connectivity index (χ1v) is 14.2. The van der Waals surface area contributed by atoms with E-state index < -0.39 is 6.04 Å². The van der Waals surface area contributed by atoms with Gasteiger partial charge in [0.2, 0.25) is 11.8 Å². The third-order valence-corrected chi connectivity index (χ3v) is 7.47. The van der Waals surface area contributed by atoms with Crippen LogP contribution in [0.4, 0.5) is 0 Å². The topological polar surface area (TPSA) is 49.4 Å². The van der Waals surface area contributed by atoms with Crippen molar-refractivity contribution in [2.45, 2.75) is 71.8 Å². The van der Waals surface area contributed by atoms with Crippen LogP contribution in [-0.4, -0.2) is 34.6 Å². The van der Waals surface area contributed by atoms with Gasteiger partial charge in [-0.05, 0) is 50.8 Å². The minimum absolute atomic E-state index is 0.0175. The number of rotatable bonds is 12. The molecule has 0 saturated carbocycles. The van der Waals surface area contributed by atoms with Crippen molar-refractivity contribution in [2.75, 3.05) is 5.75 Å². The molecule has 0 bridgehead atoms. The van der Waals surface area contributed by atoms with Crippen LogP contribution in [0.2, 0.25) is 0 Å². The second-order valence-electron chi connectivity index (χ2n) is 10.0. The predicted octanol–water partition coefficient (Wildman–Crippen LogP) is 6.40. The summed E-state index contributed by atoms with van der Waals surface area (Å²) in [5.41, 5.74) is 6.88.